The van der Waals surface area contributed by atoms with Crippen LogP contribution in [0.4, 0.5) is 4.79 Å². The van der Waals surface area contributed by atoms with Crippen molar-refractivity contribution in [3.05, 3.63) is 36.2 Å². The van der Waals surface area contributed by atoms with Crippen molar-refractivity contribution in [3.8, 4) is 0 Å². The zero-order valence-electron chi connectivity index (χ0n) is 14.1. The number of pyridine rings is 1. The summed E-state index contributed by atoms with van der Waals surface area (Å²) in [5.41, 5.74) is 1.16. The number of amides is 1. The molecule has 2 heterocycles. The molecule has 0 bridgehead atoms. The Morgan fingerprint density at radius 3 is 2.96 bits per heavy atom. The topological polar surface area (TPSA) is 64.4 Å². The molecule has 5 heteroatoms. The Kier molecular flexibility index (Phi) is 5.42. The van der Waals surface area contributed by atoms with E-state index in [1.807, 2.05) is 52.0 Å². The standard InChI is InChI=1S/C18H24N2O3/c1-5-15(20-17(21)23-18(2,3)4)8-6-7-13-11-14-9-10-22-16(14)19-12-13/h6-7,9-12,15H,5,8H2,1-4H3,(H,20,21). The molecule has 0 aliphatic carbocycles. The number of furan rings is 1. The van der Waals surface area contributed by atoms with E-state index in [1.165, 1.54) is 0 Å². The van der Waals surface area contributed by atoms with E-state index in [4.69, 9.17) is 9.15 Å². The molecule has 0 aliphatic rings. The summed E-state index contributed by atoms with van der Waals surface area (Å²) in [6.07, 6.45) is 8.63. The number of carbonyl (C=O) groups excluding carboxylic acids is 1. The lowest BCUT2D eigenvalue weighted by atomic mass is 10.1. The maximum Gasteiger partial charge on any atom is 0.407 e. The number of ether oxygens (including phenoxy) is 1. The number of fused-ring (bicyclic) bond motifs is 1. The molecule has 0 saturated heterocycles. The number of alkyl carbamates (subject to hydrolysis) is 1. The van der Waals surface area contributed by atoms with Gasteiger partial charge in [0, 0.05) is 17.6 Å². The smallest absolute Gasteiger partial charge is 0.407 e. The van der Waals surface area contributed by atoms with Crippen LogP contribution in [0.2, 0.25) is 0 Å². The molecule has 5 nitrogen and oxygen atoms in total. The van der Waals surface area contributed by atoms with Crippen LogP contribution in [0.1, 0.15) is 46.1 Å². The van der Waals surface area contributed by atoms with Crippen molar-refractivity contribution < 1.29 is 13.9 Å². The number of aromatic nitrogens is 1. The van der Waals surface area contributed by atoms with Gasteiger partial charge in [-0.25, -0.2) is 9.78 Å². The van der Waals surface area contributed by atoms with E-state index in [1.54, 1.807) is 12.5 Å². The van der Waals surface area contributed by atoms with Gasteiger partial charge in [0.1, 0.15) is 5.60 Å². The second kappa shape index (κ2) is 7.31. The third-order valence-electron chi connectivity index (χ3n) is 3.27. The molecule has 0 spiro atoms. The predicted molar refractivity (Wildman–Crippen MR) is 91.1 cm³/mol. The summed E-state index contributed by atoms with van der Waals surface area (Å²) in [5.74, 6) is 0. The maximum absolute atomic E-state index is 11.8. The van der Waals surface area contributed by atoms with Crippen LogP contribution < -0.4 is 5.32 Å². The highest BCUT2D eigenvalue weighted by molar-refractivity contribution is 5.75. The summed E-state index contributed by atoms with van der Waals surface area (Å²) in [6.45, 7) is 7.60. The van der Waals surface area contributed by atoms with E-state index in [2.05, 4.69) is 10.3 Å². The van der Waals surface area contributed by atoms with E-state index in [-0.39, 0.29) is 12.1 Å². The van der Waals surface area contributed by atoms with Gasteiger partial charge in [0.05, 0.1) is 6.26 Å². The van der Waals surface area contributed by atoms with Gasteiger partial charge < -0.3 is 14.5 Å². The summed E-state index contributed by atoms with van der Waals surface area (Å²) in [7, 11) is 0. The highest BCUT2D eigenvalue weighted by atomic mass is 16.6. The van der Waals surface area contributed by atoms with Crippen molar-refractivity contribution in [2.75, 3.05) is 0 Å². The van der Waals surface area contributed by atoms with Crippen LogP contribution in [0, 0.1) is 0 Å². The molecule has 1 N–H and O–H groups in total. The highest BCUT2D eigenvalue weighted by Gasteiger charge is 2.18. The van der Waals surface area contributed by atoms with Gasteiger partial charge >= 0.3 is 6.09 Å². The third-order valence-corrected chi connectivity index (χ3v) is 3.27. The molecule has 0 aromatic carbocycles. The number of nitrogens with zero attached hydrogens (tertiary/aromatic N) is 1. The monoisotopic (exact) mass is 316 g/mol. The van der Waals surface area contributed by atoms with Crippen molar-refractivity contribution in [1.29, 1.82) is 0 Å². The number of hydrogen-bond donors (Lipinski definition) is 1. The number of carbonyl (C=O) groups is 1. The summed E-state index contributed by atoms with van der Waals surface area (Å²) < 4.78 is 10.5. The van der Waals surface area contributed by atoms with Crippen LogP contribution in [0.25, 0.3) is 17.2 Å². The first-order valence-electron chi connectivity index (χ1n) is 7.86. The molecule has 1 unspecified atom stereocenters. The zero-order valence-corrected chi connectivity index (χ0v) is 14.1. The molecule has 1 atom stereocenters. The van der Waals surface area contributed by atoms with Gasteiger partial charge in [0.2, 0.25) is 5.71 Å². The van der Waals surface area contributed by atoms with Gasteiger partial charge in [-0.05, 0) is 51.3 Å². The fraction of sp³-hybridized carbons (Fsp3) is 0.444. The molecule has 2 aromatic rings. The largest absolute Gasteiger partial charge is 0.446 e. The van der Waals surface area contributed by atoms with Gasteiger partial charge in [-0.15, -0.1) is 0 Å². The second-order valence-electron chi connectivity index (χ2n) is 6.47. The minimum absolute atomic E-state index is 0.0479. The normalized spacial score (nSPS) is 13.4. The van der Waals surface area contributed by atoms with E-state index in [0.29, 0.717) is 5.71 Å². The first-order chi connectivity index (χ1) is 10.9. The Labute approximate surface area is 136 Å². The van der Waals surface area contributed by atoms with Crippen molar-refractivity contribution in [2.45, 2.75) is 52.2 Å². The summed E-state index contributed by atoms with van der Waals surface area (Å²) in [6, 6.07) is 3.95. The lowest BCUT2D eigenvalue weighted by Gasteiger charge is -2.22. The van der Waals surface area contributed by atoms with Crippen molar-refractivity contribution >= 4 is 23.3 Å². The fourth-order valence-corrected chi connectivity index (χ4v) is 2.14. The molecule has 0 saturated carbocycles. The lowest BCUT2D eigenvalue weighted by molar-refractivity contribution is 0.0503. The number of rotatable bonds is 5. The average Bonchev–Trinajstić information content (AvgIpc) is 2.91. The van der Waals surface area contributed by atoms with Crippen LogP contribution in [0.3, 0.4) is 0 Å². The zero-order chi connectivity index (χ0) is 16.9. The van der Waals surface area contributed by atoms with Crippen LogP contribution >= 0.6 is 0 Å². The predicted octanol–water partition coefficient (Wildman–Crippen LogP) is 4.53. The van der Waals surface area contributed by atoms with E-state index in [9.17, 15) is 4.79 Å². The second-order valence-corrected chi connectivity index (χ2v) is 6.47. The lowest BCUT2D eigenvalue weighted by Crippen LogP contribution is -2.38. The van der Waals surface area contributed by atoms with Crippen LogP contribution in [0.15, 0.2) is 35.1 Å². The number of nitrogens with one attached hydrogen (secondary N) is 1. The molecule has 0 aliphatic heterocycles. The molecule has 0 radical (unpaired) electrons. The highest BCUT2D eigenvalue weighted by Crippen LogP contribution is 2.15. The molecule has 1 amide bonds. The molecular weight excluding hydrogens is 292 g/mol. The molecular formula is C18H24N2O3. The Hall–Kier alpha value is -2.30. The van der Waals surface area contributed by atoms with Gasteiger partial charge in [0.25, 0.3) is 0 Å². The molecule has 2 aromatic heterocycles. The quantitative estimate of drug-likeness (QED) is 0.880. The van der Waals surface area contributed by atoms with E-state index < -0.39 is 5.60 Å². The third kappa shape index (κ3) is 5.43. The Morgan fingerprint density at radius 2 is 2.26 bits per heavy atom. The van der Waals surface area contributed by atoms with Gasteiger partial charge in [-0.1, -0.05) is 19.1 Å². The fourth-order valence-electron chi connectivity index (χ4n) is 2.14. The first-order valence-corrected chi connectivity index (χ1v) is 7.86. The summed E-state index contributed by atoms with van der Waals surface area (Å²) in [5, 5.41) is 3.87. The summed E-state index contributed by atoms with van der Waals surface area (Å²) >= 11 is 0. The van der Waals surface area contributed by atoms with Crippen LogP contribution in [0.5, 0.6) is 0 Å². The Bertz CT molecular complexity index is 683. The molecule has 124 valence electrons. The SMILES string of the molecule is CCC(CC=Cc1cnc2occc2c1)NC(=O)OC(C)(C)C. The number of hydrogen-bond acceptors (Lipinski definition) is 4. The van der Waals surface area contributed by atoms with Crippen LogP contribution in [-0.4, -0.2) is 22.7 Å². The van der Waals surface area contributed by atoms with Gasteiger partial charge in [-0.3, -0.25) is 0 Å². The Morgan fingerprint density at radius 1 is 1.48 bits per heavy atom. The minimum atomic E-state index is -0.482. The molecule has 23 heavy (non-hydrogen) atoms. The van der Waals surface area contributed by atoms with E-state index >= 15 is 0 Å². The maximum atomic E-state index is 11.8. The van der Waals surface area contributed by atoms with Crippen molar-refractivity contribution in [1.82, 2.24) is 10.3 Å². The van der Waals surface area contributed by atoms with Crippen molar-refractivity contribution in [3.63, 3.8) is 0 Å². The molecule has 0 fully saturated rings. The minimum Gasteiger partial charge on any atom is -0.446 e. The van der Waals surface area contributed by atoms with Gasteiger partial charge in [0.15, 0.2) is 0 Å². The van der Waals surface area contributed by atoms with Crippen LogP contribution in [-0.2, 0) is 4.74 Å². The van der Waals surface area contributed by atoms with Gasteiger partial charge in [-0.2, -0.15) is 0 Å². The average molecular weight is 316 g/mol. The summed E-state index contributed by atoms with van der Waals surface area (Å²) in [4.78, 5) is 16.0. The first kappa shape index (κ1) is 17.1. The van der Waals surface area contributed by atoms with E-state index in [0.717, 1.165) is 23.8 Å². The van der Waals surface area contributed by atoms with Crippen molar-refractivity contribution in [2.24, 2.45) is 0 Å². The Balaban J connectivity index is 1.90. The molecule has 2 rings (SSSR count).